The van der Waals surface area contributed by atoms with E-state index < -0.39 is 11.9 Å². The van der Waals surface area contributed by atoms with Gasteiger partial charge in [0.15, 0.2) is 0 Å². The summed E-state index contributed by atoms with van der Waals surface area (Å²) < 4.78 is 19.5. The second kappa shape index (κ2) is 6.81. The van der Waals surface area contributed by atoms with Crippen molar-refractivity contribution in [2.75, 3.05) is 6.61 Å². The number of nitrogens with two attached hydrogens (primary N) is 1. The van der Waals surface area contributed by atoms with E-state index in [4.69, 9.17) is 10.5 Å². The molecule has 0 unspecified atom stereocenters. The van der Waals surface area contributed by atoms with Crippen molar-refractivity contribution in [3.05, 3.63) is 71.5 Å². The van der Waals surface area contributed by atoms with Gasteiger partial charge in [-0.1, -0.05) is 30.3 Å². The monoisotopic (exact) mass is 376 g/mol. The van der Waals surface area contributed by atoms with Gasteiger partial charge in [0.1, 0.15) is 5.82 Å². The SMILES string of the molecule is CCOC(=O)c1ccc2c(c1)[nH]c1c(C(N)=O)ccc(-c3ccccc3F)c12. The first-order chi connectivity index (χ1) is 13.5. The van der Waals surface area contributed by atoms with Gasteiger partial charge in [-0.25, -0.2) is 9.18 Å². The Labute approximate surface area is 159 Å². The van der Waals surface area contributed by atoms with E-state index in [1.807, 2.05) is 0 Å². The van der Waals surface area contributed by atoms with Crippen molar-refractivity contribution in [1.29, 1.82) is 0 Å². The molecule has 0 saturated carbocycles. The van der Waals surface area contributed by atoms with Gasteiger partial charge in [0.25, 0.3) is 5.91 Å². The van der Waals surface area contributed by atoms with Gasteiger partial charge < -0.3 is 15.5 Å². The molecule has 3 N–H and O–H groups in total. The normalized spacial score (nSPS) is 11.1. The fourth-order valence-corrected chi connectivity index (χ4v) is 3.46. The Morgan fingerprint density at radius 3 is 2.57 bits per heavy atom. The Morgan fingerprint density at radius 2 is 1.86 bits per heavy atom. The van der Waals surface area contributed by atoms with Gasteiger partial charge in [0.05, 0.1) is 23.3 Å². The third-order valence-electron chi connectivity index (χ3n) is 4.69. The molecule has 28 heavy (non-hydrogen) atoms. The molecule has 0 aliphatic carbocycles. The number of fused-ring (bicyclic) bond motifs is 3. The van der Waals surface area contributed by atoms with E-state index >= 15 is 0 Å². The predicted molar refractivity (Wildman–Crippen MR) is 106 cm³/mol. The van der Waals surface area contributed by atoms with Gasteiger partial charge in [-0.15, -0.1) is 0 Å². The van der Waals surface area contributed by atoms with Crippen molar-refractivity contribution >= 4 is 33.7 Å². The van der Waals surface area contributed by atoms with Gasteiger partial charge in [-0.05, 0) is 36.8 Å². The molecule has 0 radical (unpaired) electrons. The summed E-state index contributed by atoms with van der Waals surface area (Å²) in [6, 6.07) is 14.8. The Bertz CT molecular complexity index is 1240. The number of aromatic amines is 1. The molecular formula is C22H17FN2O3. The average molecular weight is 376 g/mol. The zero-order valence-corrected chi connectivity index (χ0v) is 15.1. The number of rotatable bonds is 4. The van der Waals surface area contributed by atoms with Gasteiger partial charge in [0, 0.05) is 21.9 Å². The van der Waals surface area contributed by atoms with Crippen molar-refractivity contribution in [1.82, 2.24) is 4.98 Å². The number of nitrogens with one attached hydrogen (secondary N) is 1. The maximum atomic E-state index is 14.5. The molecule has 5 nitrogen and oxygen atoms in total. The molecule has 140 valence electrons. The van der Waals surface area contributed by atoms with Crippen molar-refractivity contribution in [2.24, 2.45) is 5.73 Å². The fraction of sp³-hybridized carbons (Fsp3) is 0.0909. The van der Waals surface area contributed by atoms with Crippen molar-refractivity contribution in [3.8, 4) is 11.1 Å². The highest BCUT2D eigenvalue weighted by Crippen LogP contribution is 2.37. The van der Waals surface area contributed by atoms with Crippen LogP contribution in [0.2, 0.25) is 0 Å². The molecular weight excluding hydrogens is 359 g/mol. The minimum absolute atomic E-state index is 0.271. The molecule has 0 saturated heterocycles. The maximum Gasteiger partial charge on any atom is 0.338 e. The first kappa shape index (κ1) is 17.7. The summed E-state index contributed by atoms with van der Waals surface area (Å²) in [4.78, 5) is 27.1. The van der Waals surface area contributed by atoms with Crippen LogP contribution in [0.3, 0.4) is 0 Å². The Morgan fingerprint density at radius 1 is 1.07 bits per heavy atom. The summed E-state index contributed by atoms with van der Waals surface area (Å²) >= 11 is 0. The topological polar surface area (TPSA) is 85.2 Å². The number of aromatic nitrogens is 1. The van der Waals surface area contributed by atoms with E-state index in [1.165, 1.54) is 6.07 Å². The number of amides is 1. The van der Waals surface area contributed by atoms with E-state index in [2.05, 4.69) is 4.98 Å². The van der Waals surface area contributed by atoms with Crippen molar-refractivity contribution in [3.63, 3.8) is 0 Å². The summed E-state index contributed by atoms with van der Waals surface area (Å²) in [7, 11) is 0. The van der Waals surface area contributed by atoms with Crippen LogP contribution in [0.5, 0.6) is 0 Å². The number of primary amides is 1. The molecule has 0 bridgehead atoms. The second-order valence-electron chi connectivity index (χ2n) is 6.36. The first-order valence-electron chi connectivity index (χ1n) is 8.81. The lowest BCUT2D eigenvalue weighted by Gasteiger charge is -2.08. The number of benzene rings is 3. The molecule has 0 atom stereocenters. The summed E-state index contributed by atoms with van der Waals surface area (Å²) in [6.45, 7) is 2.01. The lowest BCUT2D eigenvalue weighted by molar-refractivity contribution is 0.0526. The largest absolute Gasteiger partial charge is 0.462 e. The van der Waals surface area contributed by atoms with E-state index in [9.17, 15) is 14.0 Å². The van der Waals surface area contributed by atoms with Crippen LogP contribution in [0.4, 0.5) is 4.39 Å². The molecule has 1 amide bonds. The third-order valence-corrected chi connectivity index (χ3v) is 4.69. The number of esters is 1. The molecule has 0 fully saturated rings. The van der Waals surface area contributed by atoms with Crippen LogP contribution in [-0.4, -0.2) is 23.5 Å². The predicted octanol–water partition coefficient (Wildman–Crippen LogP) is 4.40. The van der Waals surface area contributed by atoms with Crippen molar-refractivity contribution in [2.45, 2.75) is 6.92 Å². The zero-order chi connectivity index (χ0) is 19.8. The van der Waals surface area contributed by atoms with E-state index in [-0.39, 0.29) is 12.4 Å². The molecule has 0 spiro atoms. The summed E-state index contributed by atoms with van der Waals surface area (Å²) in [5, 5.41) is 1.43. The zero-order valence-electron chi connectivity index (χ0n) is 15.1. The second-order valence-corrected chi connectivity index (χ2v) is 6.36. The molecule has 4 aromatic rings. The van der Waals surface area contributed by atoms with Crippen LogP contribution in [0.1, 0.15) is 27.6 Å². The van der Waals surface area contributed by atoms with Crippen LogP contribution < -0.4 is 5.73 Å². The number of hydrogen-bond acceptors (Lipinski definition) is 3. The molecule has 3 aromatic carbocycles. The number of H-pyrrole nitrogens is 1. The Balaban J connectivity index is 2.06. The van der Waals surface area contributed by atoms with Gasteiger partial charge in [-0.2, -0.15) is 0 Å². The number of carbonyl (C=O) groups is 2. The number of hydrogen-bond donors (Lipinski definition) is 2. The fourth-order valence-electron chi connectivity index (χ4n) is 3.46. The van der Waals surface area contributed by atoms with E-state index in [0.29, 0.717) is 38.7 Å². The van der Waals surface area contributed by atoms with Gasteiger partial charge in [-0.3, -0.25) is 4.79 Å². The summed E-state index contributed by atoms with van der Waals surface area (Å²) in [5.41, 5.74) is 8.39. The molecule has 6 heteroatoms. The highest BCUT2D eigenvalue weighted by atomic mass is 19.1. The maximum absolute atomic E-state index is 14.5. The van der Waals surface area contributed by atoms with Crippen LogP contribution in [-0.2, 0) is 4.74 Å². The summed E-state index contributed by atoms with van der Waals surface area (Å²) in [5.74, 6) is -1.40. The molecule has 1 aromatic heterocycles. The van der Waals surface area contributed by atoms with Crippen LogP contribution in [0.15, 0.2) is 54.6 Å². The van der Waals surface area contributed by atoms with E-state index in [0.717, 1.165) is 5.39 Å². The summed E-state index contributed by atoms with van der Waals surface area (Å²) in [6.07, 6.45) is 0. The Kier molecular flexibility index (Phi) is 4.31. The first-order valence-corrected chi connectivity index (χ1v) is 8.81. The smallest absolute Gasteiger partial charge is 0.338 e. The van der Waals surface area contributed by atoms with E-state index in [1.54, 1.807) is 55.5 Å². The van der Waals surface area contributed by atoms with Gasteiger partial charge in [0.2, 0.25) is 0 Å². The number of carbonyl (C=O) groups excluding carboxylic acids is 2. The molecule has 0 aliphatic rings. The number of halogens is 1. The van der Waals surface area contributed by atoms with Gasteiger partial charge >= 0.3 is 5.97 Å². The highest BCUT2D eigenvalue weighted by molar-refractivity contribution is 6.20. The Hall–Kier alpha value is -3.67. The lowest BCUT2D eigenvalue weighted by atomic mass is 9.96. The minimum atomic E-state index is -0.595. The third kappa shape index (κ3) is 2.79. The van der Waals surface area contributed by atoms with Crippen LogP contribution in [0, 0.1) is 5.82 Å². The molecule has 1 heterocycles. The number of ether oxygens (including phenoxy) is 1. The standard InChI is InChI=1S/C22H17FN2O3/c1-2-28-22(27)12-7-8-15-18(11-12)25-20-16(21(24)26)10-9-14(19(15)20)13-5-3-4-6-17(13)23/h3-11,25H,2H2,1H3,(H2,24,26). The average Bonchev–Trinajstić information content (AvgIpc) is 3.06. The lowest BCUT2D eigenvalue weighted by Crippen LogP contribution is -2.11. The highest BCUT2D eigenvalue weighted by Gasteiger charge is 2.19. The van der Waals surface area contributed by atoms with Crippen LogP contribution >= 0.6 is 0 Å². The molecule has 0 aliphatic heterocycles. The van der Waals surface area contributed by atoms with Crippen molar-refractivity contribution < 1.29 is 18.7 Å². The molecule has 4 rings (SSSR count). The quantitative estimate of drug-likeness (QED) is 0.518. The van der Waals surface area contributed by atoms with Crippen LogP contribution in [0.25, 0.3) is 32.9 Å². The minimum Gasteiger partial charge on any atom is -0.462 e.